The fourth-order valence-electron chi connectivity index (χ4n) is 3.67. The number of carbonyl (C=O) groups excluding carboxylic acids is 1. The summed E-state index contributed by atoms with van der Waals surface area (Å²) >= 11 is 0.970. The molecule has 38 heavy (non-hydrogen) atoms. The van der Waals surface area contributed by atoms with Gasteiger partial charge in [0, 0.05) is 37.5 Å². The van der Waals surface area contributed by atoms with Gasteiger partial charge in [0.1, 0.15) is 10.4 Å². The second kappa shape index (κ2) is 10.7. The molecular weight excluding hydrogens is 516 g/mol. The Labute approximate surface area is 219 Å². The number of thioether (sulfide) groups is 1. The number of nitro benzene ring substituents is 1. The molecule has 0 fully saturated rings. The summed E-state index contributed by atoms with van der Waals surface area (Å²) in [6.45, 7) is 0. The number of anilines is 1. The van der Waals surface area contributed by atoms with E-state index in [-0.39, 0.29) is 39.0 Å². The first-order valence-corrected chi connectivity index (χ1v) is 12.0. The van der Waals surface area contributed by atoms with Gasteiger partial charge in [-0.05, 0) is 24.3 Å². The van der Waals surface area contributed by atoms with Crippen molar-refractivity contribution in [2.45, 2.75) is 5.03 Å². The summed E-state index contributed by atoms with van der Waals surface area (Å²) in [5.74, 6) is 0.467. The molecule has 0 saturated heterocycles. The number of non-ortho nitro benzene ring substituents is 1. The SMILES string of the molecule is COc1ccc(-c2nc(SCC(=O)Nc3cccc([N+](=O)[O-])c3)c3c(=O)n(C)c(=O)n(C)c3n2)cc1OC. The van der Waals surface area contributed by atoms with Crippen LogP contribution in [0.3, 0.4) is 0 Å². The van der Waals surface area contributed by atoms with Crippen LogP contribution in [0.15, 0.2) is 57.1 Å². The highest BCUT2D eigenvalue weighted by atomic mass is 32.2. The van der Waals surface area contributed by atoms with Crippen LogP contribution < -0.4 is 26.0 Å². The third kappa shape index (κ3) is 5.06. The van der Waals surface area contributed by atoms with E-state index < -0.39 is 22.1 Å². The molecule has 196 valence electrons. The summed E-state index contributed by atoms with van der Waals surface area (Å²) in [6, 6.07) is 10.6. The minimum atomic E-state index is -0.608. The number of nitrogens with one attached hydrogen (secondary N) is 1. The largest absolute Gasteiger partial charge is 0.493 e. The van der Waals surface area contributed by atoms with E-state index >= 15 is 0 Å². The van der Waals surface area contributed by atoms with Crippen molar-refractivity contribution in [3.8, 4) is 22.9 Å². The number of methoxy groups -OCH3 is 2. The zero-order valence-corrected chi connectivity index (χ0v) is 21.6. The van der Waals surface area contributed by atoms with Gasteiger partial charge in [0.25, 0.3) is 11.2 Å². The van der Waals surface area contributed by atoms with Crippen molar-refractivity contribution in [3.05, 3.63) is 73.4 Å². The molecule has 0 unspecified atom stereocenters. The zero-order chi connectivity index (χ0) is 27.6. The van der Waals surface area contributed by atoms with Crippen LogP contribution in [0.1, 0.15) is 0 Å². The molecule has 2 aromatic heterocycles. The maximum absolute atomic E-state index is 13.0. The van der Waals surface area contributed by atoms with Gasteiger partial charge in [-0.1, -0.05) is 17.8 Å². The predicted octanol–water partition coefficient (Wildman–Crippen LogP) is 2.35. The molecule has 0 aliphatic heterocycles. The lowest BCUT2D eigenvalue weighted by Gasteiger charge is -2.13. The average Bonchev–Trinajstić information content (AvgIpc) is 2.92. The number of nitrogens with zero attached hydrogens (tertiary/aromatic N) is 5. The topological polar surface area (TPSA) is 160 Å². The van der Waals surface area contributed by atoms with Gasteiger partial charge in [0.15, 0.2) is 23.0 Å². The van der Waals surface area contributed by atoms with Crippen LogP contribution in [0.25, 0.3) is 22.4 Å². The van der Waals surface area contributed by atoms with Gasteiger partial charge in [0.05, 0.1) is 24.9 Å². The van der Waals surface area contributed by atoms with E-state index in [1.165, 1.54) is 57.1 Å². The summed E-state index contributed by atoms with van der Waals surface area (Å²) < 4.78 is 12.8. The molecule has 0 bridgehead atoms. The van der Waals surface area contributed by atoms with E-state index in [1.54, 1.807) is 18.2 Å². The fourth-order valence-corrected chi connectivity index (χ4v) is 4.48. The molecule has 1 amide bonds. The van der Waals surface area contributed by atoms with Crippen LogP contribution >= 0.6 is 11.8 Å². The number of benzene rings is 2. The van der Waals surface area contributed by atoms with Gasteiger partial charge >= 0.3 is 5.69 Å². The molecule has 0 radical (unpaired) electrons. The van der Waals surface area contributed by atoms with Crippen LogP contribution in [0.5, 0.6) is 11.5 Å². The summed E-state index contributed by atoms with van der Waals surface area (Å²) in [7, 11) is 5.81. The molecule has 0 aliphatic carbocycles. The van der Waals surface area contributed by atoms with E-state index in [0.717, 1.165) is 16.3 Å². The van der Waals surface area contributed by atoms with Crippen LogP contribution in [0.2, 0.25) is 0 Å². The molecule has 14 heteroatoms. The summed E-state index contributed by atoms with van der Waals surface area (Å²) in [6.07, 6.45) is 0. The third-order valence-electron chi connectivity index (χ3n) is 5.59. The molecule has 1 N–H and O–H groups in total. The average molecular weight is 539 g/mol. The first-order chi connectivity index (χ1) is 18.1. The second-order valence-electron chi connectivity index (χ2n) is 7.97. The third-order valence-corrected chi connectivity index (χ3v) is 6.56. The number of hydrogen-bond acceptors (Lipinski definition) is 10. The van der Waals surface area contributed by atoms with Crippen LogP contribution in [0.4, 0.5) is 11.4 Å². The number of rotatable bonds is 8. The Kier molecular flexibility index (Phi) is 7.43. The van der Waals surface area contributed by atoms with E-state index in [4.69, 9.17) is 9.47 Å². The van der Waals surface area contributed by atoms with Gasteiger partial charge in [-0.15, -0.1) is 0 Å². The lowest BCUT2D eigenvalue weighted by molar-refractivity contribution is -0.384. The minimum Gasteiger partial charge on any atom is -0.493 e. The van der Waals surface area contributed by atoms with Gasteiger partial charge in [-0.2, -0.15) is 0 Å². The molecule has 2 heterocycles. The molecule has 13 nitrogen and oxygen atoms in total. The highest BCUT2D eigenvalue weighted by molar-refractivity contribution is 8.00. The first kappa shape index (κ1) is 26.3. The quantitative estimate of drug-likeness (QED) is 0.153. The van der Waals surface area contributed by atoms with Crippen molar-refractivity contribution < 1.29 is 19.2 Å². The van der Waals surface area contributed by atoms with Crippen LogP contribution in [0, 0.1) is 10.1 Å². The molecule has 2 aromatic carbocycles. The van der Waals surface area contributed by atoms with Gasteiger partial charge < -0.3 is 14.8 Å². The molecule has 4 rings (SSSR count). The number of carbonyl (C=O) groups is 1. The van der Waals surface area contributed by atoms with Gasteiger partial charge in [-0.3, -0.25) is 28.8 Å². The van der Waals surface area contributed by atoms with Crippen molar-refractivity contribution in [1.82, 2.24) is 19.1 Å². The molecule has 4 aromatic rings. The minimum absolute atomic E-state index is 0.0759. The maximum atomic E-state index is 13.0. The summed E-state index contributed by atoms with van der Waals surface area (Å²) in [5.41, 5.74) is -0.467. The highest BCUT2D eigenvalue weighted by Crippen LogP contribution is 2.33. The lowest BCUT2D eigenvalue weighted by Crippen LogP contribution is -2.37. The monoisotopic (exact) mass is 538 g/mol. The number of fused-ring (bicyclic) bond motifs is 1. The Morgan fingerprint density at radius 2 is 1.79 bits per heavy atom. The Morgan fingerprint density at radius 3 is 2.47 bits per heavy atom. The Hall–Kier alpha value is -4.72. The number of hydrogen-bond donors (Lipinski definition) is 1. The zero-order valence-electron chi connectivity index (χ0n) is 20.8. The molecule has 0 aliphatic rings. The van der Waals surface area contributed by atoms with E-state index in [0.29, 0.717) is 17.1 Å². The number of aromatic nitrogens is 4. The summed E-state index contributed by atoms with van der Waals surface area (Å²) in [4.78, 5) is 57.8. The molecule has 0 atom stereocenters. The number of amides is 1. The maximum Gasteiger partial charge on any atom is 0.332 e. The van der Waals surface area contributed by atoms with Crippen molar-refractivity contribution in [3.63, 3.8) is 0 Å². The molecule has 0 saturated carbocycles. The number of aryl methyl sites for hydroxylation is 1. The second-order valence-corrected chi connectivity index (χ2v) is 8.93. The van der Waals surface area contributed by atoms with E-state index in [9.17, 15) is 24.5 Å². The number of ether oxygens (including phenoxy) is 2. The Bertz CT molecular complexity index is 1700. The smallest absolute Gasteiger partial charge is 0.332 e. The predicted molar refractivity (Wildman–Crippen MR) is 141 cm³/mol. The molecular formula is C24H22N6O7S. The van der Waals surface area contributed by atoms with Crippen molar-refractivity contribution in [2.75, 3.05) is 25.3 Å². The highest BCUT2D eigenvalue weighted by Gasteiger charge is 2.20. The van der Waals surface area contributed by atoms with Crippen molar-refractivity contribution >= 4 is 40.1 Å². The van der Waals surface area contributed by atoms with Crippen LogP contribution in [-0.2, 0) is 18.9 Å². The van der Waals surface area contributed by atoms with Crippen molar-refractivity contribution in [2.24, 2.45) is 14.1 Å². The first-order valence-electron chi connectivity index (χ1n) is 11.0. The van der Waals surface area contributed by atoms with E-state index in [1.807, 2.05) is 0 Å². The van der Waals surface area contributed by atoms with Crippen molar-refractivity contribution in [1.29, 1.82) is 0 Å². The standard InChI is InChI=1S/C24H22N6O7S/c1-28-21-19(23(32)29(2)24(28)33)22(27-20(26-21)13-8-9-16(36-3)17(10-13)37-4)38-12-18(31)25-14-6-5-7-15(11-14)30(34)35/h5-11H,12H2,1-4H3,(H,25,31). The Balaban J connectivity index is 1.76. The Morgan fingerprint density at radius 1 is 1.05 bits per heavy atom. The van der Waals surface area contributed by atoms with Gasteiger partial charge in [0.2, 0.25) is 5.91 Å². The number of nitro groups is 1. The fraction of sp³-hybridized carbons (Fsp3) is 0.208. The van der Waals surface area contributed by atoms with Crippen LogP contribution in [-0.4, -0.2) is 49.9 Å². The van der Waals surface area contributed by atoms with E-state index in [2.05, 4.69) is 15.3 Å². The lowest BCUT2D eigenvalue weighted by atomic mass is 10.2. The van der Waals surface area contributed by atoms with Gasteiger partial charge in [-0.25, -0.2) is 14.8 Å². The molecule has 0 spiro atoms. The summed E-state index contributed by atoms with van der Waals surface area (Å²) in [5, 5.41) is 13.9. The normalized spacial score (nSPS) is 10.8.